The molecule has 0 saturated carbocycles. The Bertz CT molecular complexity index is 1310. The minimum Gasteiger partial charge on any atom is -0.497 e. The van der Waals surface area contributed by atoms with Crippen LogP contribution in [0.4, 0.5) is 11.4 Å². The SMILES string of the molecule is CCCCCCOc1ccc(NC(=O)C2CC(=O)N(Cc3ccc(OC)cc3)C(=Nc3cccc(Cl)c3)S2)cc1. The first kappa shape index (κ1) is 29.5. The highest BCUT2D eigenvalue weighted by molar-refractivity contribution is 8.15. The third-order valence-corrected chi connectivity index (χ3v) is 7.78. The third kappa shape index (κ3) is 8.50. The fraction of sp³-hybridized carbons (Fsp3) is 0.323. The average Bonchev–Trinajstić information content (AvgIpc) is 2.96. The fourth-order valence-electron chi connectivity index (χ4n) is 4.14. The largest absolute Gasteiger partial charge is 0.497 e. The number of thioether (sulfide) groups is 1. The van der Waals surface area contributed by atoms with Crippen molar-refractivity contribution in [2.24, 2.45) is 4.99 Å². The van der Waals surface area contributed by atoms with Gasteiger partial charge in [-0.2, -0.15) is 0 Å². The van der Waals surface area contributed by atoms with E-state index in [0.717, 1.165) is 29.9 Å². The van der Waals surface area contributed by atoms with Crippen molar-refractivity contribution in [2.75, 3.05) is 19.0 Å². The van der Waals surface area contributed by atoms with E-state index in [2.05, 4.69) is 12.2 Å². The van der Waals surface area contributed by atoms with E-state index < -0.39 is 5.25 Å². The summed E-state index contributed by atoms with van der Waals surface area (Å²) in [6, 6.07) is 21.9. The van der Waals surface area contributed by atoms with Crippen molar-refractivity contribution < 1.29 is 19.1 Å². The molecule has 0 aromatic heterocycles. The van der Waals surface area contributed by atoms with Gasteiger partial charge in [0.15, 0.2) is 5.17 Å². The Hall–Kier alpha value is -3.49. The summed E-state index contributed by atoms with van der Waals surface area (Å²) in [5.41, 5.74) is 2.17. The van der Waals surface area contributed by atoms with Crippen molar-refractivity contribution in [2.45, 2.75) is 50.8 Å². The number of carbonyl (C=O) groups excluding carboxylic acids is 2. The minimum atomic E-state index is -0.632. The quantitative estimate of drug-likeness (QED) is 0.225. The molecule has 1 aliphatic heterocycles. The van der Waals surface area contributed by atoms with Crippen LogP contribution in [-0.2, 0) is 16.1 Å². The number of amidine groups is 1. The summed E-state index contributed by atoms with van der Waals surface area (Å²) >= 11 is 7.44. The molecular formula is C31H34ClN3O4S. The van der Waals surface area contributed by atoms with Crippen LogP contribution in [0.3, 0.4) is 0 Å². The van der Waals surface area contributed by atoms with Gasteiger partial charge in [-0.1, -0.05) is 67.7 Å². The molecule has 1 heterocycles. The maximum atomic E-state index is 13.4. The summed E-state index contributed by atoms with van der Waals surface area (Å²) < 4.78 is 11.0. The second-order valence-corrected chi connectivity index (χ2v) is 11.0. The van der Waals surface area contributed by atoms with Gasteiger partial charge < -0.3 is 14.8 Å². The monoisotopic (exact) mass is 579 g/mol. The zero-order valence-corrected chi connectivity index (χ0v) is 24.3. The van der Waals surface area contributed by atoms with Crippen molar-refractivity contribution in [1.82, 2.24) is 4.90 Å². The van der Waals surface area contributed by atoms with Crippen LogP contribution < -0.4 is 14.8 Å². The van der Waals surface area contributed by atoms with Crippen LogP contribution in [0.5, 0.6) is 11.5 Å². The molecule has 0 bridgehead atoms. The maximum Gasteiger partial charge on any atom is 0.238 e. The van der Waals surface area contributed by atoms with E-state index in [1.807, 2.05) is 54.6 Å². The van der Waals surface area contributed by atoms with E-state index in [1.165, 1.54) is 24.6 Å². The molecule has 1 aliphatic rings. The predicted molar refractivity (Wildman–Crippen MR) is 163 cm³/mol. The summed E-state index contributed by atoms with van der Waals surface area (Å²) in [5.74, 6) is 1.07. The van der Waals surface area contributed by atoms with Gasteiger partial charge >= 0.3 is 0 Å². The first-order valence-electron chi connectivity index (χ1n) is 13.4. The van der Waals surface area contributed by atoms with Gasteiger partial charge in [0.25, 0.3) is 0 Å². The number of amides is 2. The molecule has 9 heteroatoms. The molecule has 210 valence electrons. The molecule has 40 heavy (non-hydrogen) atoms. The third-order valence-electron chi connectivity index (χ3n) is 6.35. The first-order chi connectivity index (χ1) is 19.4. The molecule has 2 amide bonds. The Morgan fingerprint density at radius 1 is 1.05 bits per heavy atom. The number of rotatable bonds is 12. The van der Waals surface area contributed by atoms with Crippen molar-refractivity contribution in [1.29, 1.82) is 0 Å². The molecule has 3 aromatic rings. The van der Waals surface area contributed by atoms with Crippen LogP contribution in [0.2, 0.25) is 5.02 Å². The normalized spacial score (nSPS) is 16.2. The van der Waals surface area contributed by atoms with Gasteiger partial charge in [-0.3, -0.25) is 14.5 Å². The van der Waals surface area contributed by atoms with E-state index in [0.29, 0.717) is 34.7 Å². The van der Waals surface area contributed by atoms with Crippen LogP contribution in [0.25, 0.3) is 0 Å². The maximum absolute atomic E-state index is 13.4. The zero-order chi connectivity index (χ0) is 28.3. The molecule has 7 nitrogen and oxygen atoms in total. The Balaban J connectivity index is 1.45. The van der Waals surface area contributed by atoms with Crippen LogP contribution in [0.15, 0.2) is 77.8 Å². The van der Waals surface area contributed by atoms with Gasteiger partial charge in [0.05, 0.1) is 25.9 Å². The molecule has 1 saturated heterocycles. The van der Waals surface area contributed by atoms with Gasteiger partial charge in [-0.25, -0.2) is 4.99 Å². The number of halogens is 1. The molecule has 0 spiro atoms. The van der Waals surface area contributed by atoms with E-state index in [9.17, 15) is 9.59 Å². The topological polar surface area (TPSA) is 80.2 Å². The number of ether oxygens (including phenoxy) is 2. The molecule has 0 radical (unpaired) electrons. The lowest BCUT2D eigenvalue weighted by Crippen LogP contribution is -2.44. The summed E-state index contributed by atoms with van der Waals surface area (Å²) in [4.78, 5) is 32.9. The zero-order valence-electron chi connectivity index (χ0n) is 22.8. The average molecular weight is 580 g/mol. The number of unbranched alkanes of at least 4 members (excludes halogenated alkanes) is 3. The Morgan fingerprint density at radius 2 is 1.80 bits per heavy atom. The van der Waals surface area contributed by atoms with Crippen molar-refractivity contribution in [3.8, 4) is 11.5 Å². The van der Waals surface area contributed by atoms with E-state index in [-0.39, 0.29) is 18.2 Å². The summed E-state index contributed by atoms with van der Waals surface area (Å²) in [6.45, 7) is 3.18. The van der Waals surface area contributed by atoms with Crippen LogP contribution in [0.1, 0.15) is 44.6 Å². The van der Waals surface area contributed by atoms with E-state index in [1.54, 1.807) is 30.2 Å². The second-order valence-electron chi connectivity index (χ2n) is 9.44. The predicted octanol–water partition coefficient (Wildman–Crippen LogP) is 7.47. The first-order valence-corrected chi connectivity index (χ1v) is 14.7. The number of nitrogens with one attached hydrogen (secondary N) is 1. The summed E-state index contributed by atoms with van der Waals surface area (Å²) in [5, 5.41) is 3.29. The Kier molecular flexibility index (Phi) is 10.9. The number of methoxy groups -OCH3 is 1. The fourth-order valence-corrected chi connectivity index (χ4v) is 5.43. The molecule has 1 fully saturated rings. The number of carbonyl (C=O) groups is 2. The molecule has 0 aliphatic carbocycles. The van der Waals surface area contributed by atoms with Gasteiger partial charge in [-0.15, -0.1) is 0 Å². The molecule has 1 atom stereocenters. The highest BCUT2D eigenvalue weighted by atomic mass is 35.5. The van der Waals surface area contributed by atoms with E-state index in [4.69, 9.17) is 26.1 Å². The molecule has 1 N–H and O–H groups in total. The summed E-state index contributed by atoms with van der Waals surface area (Å²) in [7, 11) is 1.61. The number of anilines is 1. The Morgan fingerprint density at radius 3 is 2.50 bits per heavy atom. The number of benzene rings is 3. The lowest BCUT2D eigenvalue weighted by molar-refractivity contribution is -0.129. The van der Waals surface area contributed by atoms with Gasteiger partial charge in [0.1, 0.15) is 16.7 Å². The van der Waals surface area contributed by atoms with Gasteiger partial charge in [-0.05, 0) is 66.6 Å². The van der Waals surface area contributed by atoms with Crippen molar-refractivity contribution in [3.05, 3.63) is 83.4 Å². The van der Waals surface area contributed by atoms with Gasteiger partial charge in [0.2, 0.25) is 11.8 Å². The summed E-state index contributed by atoms with van der Waals surface area (Å²) in [6.07, 6.45) is 4.63. The van der Waals surface area contributed by atoms with Crippen molar-refractivity contribution in [3.63, 3.8) is 0 Å². The van der Waals surface area contributed by atoms with Crippen molar-refractivity contribution >= 4 is 51.7 Å². The second kappa shape index (κ2) is 14.8. The van der Waals surface area contributed by atoms with Crippen LogP contribution >= 0.6 is 23.4 Å². The number of hydrogen-bond donors (Lipinski definition) is 1. The standard InChI is InChI=1S/C31H34ClN3O4S/c1-3-4-5-6-18-39-27-16-12-24(13-17-27)33-30(37)28-20-29(36)35(21-22-10-14-26(38-2)15-11-22)31(40-28)34-25-9-7-8-23(32)19-25/h7-17,19,28H,3-6,18,20-21H2,1-2H3,(H,33,37). The van der Waals surface area contributed by atoms with E-state index >= 15 is 0 Å². The molecule has 1 unspecified atom stereocenters. The highest BCUT2D eigenvalue weighted by Crippen LogP contribution is 2.32. The minimum absolute atomic E-state index is 0.0557. The molecular weight excluding hydrogens is 546 g/mol. The lowest BCUT2D eigenvalue weighted by Gasteiger charge is -2.32. The van der Waals surface area contributed by atoms with Gasteiger partial charge in [0, 0.05) is 17.1 Å². The number of aliphatic imine (C=N–C) groups is 1. The highest BCUT2D eigenvalue weighted by Gasteiger charge is 2.36. The number of hydrogen-bond acceptors (Lipinski definition) is 6. The molecule has 4 rings (SSSR count). The number of nitrogens with zero attached hydrogens (tertiary/aromatic N) is 2. The lowest BCUT2D eigenvalue weighted by atomic mass is 10.2. The smallest absolute Gasteiger partial charge is 0.238 e. The van der Waals surface area contributed by atoms with Crippen LogP contribution in [0, 0.1) is 0 Å². The van der Waals surface area contributed by atoms with Crippen LogP contribution in [-0.4, -0.2) is 40.8 Å². The molecule has 3 aromatic carbocycles. The Labute approximate surface area is 244 Å².